The van der Waals surface area contributed by atoms with Crippen LogP contribution in [0.2, 0.25) is 18.1 Å². The molecule has 0 aliphatic rings. The van der Waals surface area contributed by atoms with E-state index in [0.717, 1.165) is 34.5 Å². The number of imidazole rings is 1. The third-order valence-electron chi connectivity index (χ3n) is 4.82. The summed E-state index contributed by atoms with van der Waals surface area (Å²) in [6.07, 6.45) is 0. The second-order valence-corrected chi connectivity index (χ2v) is 13.3. The summed E-state index contributed by atoms with van der Waals surface area (Å²) in [6, 6.07) is 6.19. The van der Waals surface area contributed by atoms with Crippen LogP contribution < -0.4 is 0 Å². The van der Waals surface area contributed by atoms with E-state index in [1.54, 1.807) is 0 Å². The number of aromatic nitrogens is 2. The van der Waals surface area contributed by atoms with Crippen molar-refractivity contribution in [3.63, 3.8) is 0 Å². The van der Waals surface area contributed by atoms with Gasteiger partial charge >= 0.3 is 0 Å². The normalized spacial score (nSPS) is 13.0. The highest BCUT2D eigenvalue weighted by atomic mass is 79.9. The van der Waals surface area contributed by atoms with Crippen LogP contribution in [0.3, 0.4) is 0 Å². The molecule has 0 amide bonds. The number of benzene rings is 1. The molecule has 0 N–H and O–H groups in total. The lowest BCUT2D eigenvalue weighted by molar-refractivity contribution is 0.138. The molecule has 134 valence electrons. The molecule has 0 saturated carbocycles. The number of nitrogens with zero attached hydrogens (tertiary/aromatic N) is 2. The summed E-state index contributed by atoms with van der Waals surface area (Å²) >= 11 is 3.56. The van der Waals surface area contributed by atoms with Gasteiger partial charge < -0.3 is 13.7 Å². The molecule has 0 saturated heterocycles. The lowest BCUT2D eigenvalue weighted by atomic mass is 10.2. The highest BCUT2D eigenvalue weighted by molar-refractivity contribution is 9.10. The van der Waals surface area contributed by atoms with Crippen molar-refractivity contribution in [1.82, 2.24) is 9.55 Å². The maximum absolute atomic E-state index is 6.39. The fourth-order valence-corrected chi connectivity index (χ4v) is 3.54. The molecule has 6 heteroatoms. The summed E-state index contributed by atoms with van der Waals surface area (Å²) in [5.74, 6) is 0.979. The van der Waals surface area contributed by atoms with E-state index in [4.69, 9.17) is 14.1 Å². The second kappa shape index (κ2) is 7.68. The van der Waals surface area contributed by atoms with Crippen LogP contribution in [0, 0.1) is 0 Å². The molecule has 2 rings (SSSR count). The SMILES string of the molecule is CCOCCn1c(CO[Si](C)(C)C(C)(C)C)nc2ccc(Br)cc21. The Labute approximate surface area is 154 Å². The predicted molar refractivity (Wildman–Crippen MR) is 106 cm³/mol. The third kappa shape index (κ3) is 4.48. The summed E-state index contributed by atoms with van der Waals surface area (Å²) in [4.78, 5) is 4.80. The van der Waals surface area contributed by atoms with Gasteiger partial charge in [-0.3, -0.25) is 0 Å². The molecule has 0 bridgehead atoms. The van der Waals surface area contributed by atoms with E-state index in [1.807, 2.05) is 19.1 Å². The third-order valence-corrected chi connectivity index (χ3v) is 9.79. The van der Waals surface area contributed by atoms with Crippen molar-refractivity contribution >= 4 is 35.3 Å². The molecule has 2 aromatic rings. The van der Waals surface area contributed by atoms with Crippen molar-refractivity contribution in [3.8, 4) is 0 Å². The van der Waals surface area contributed by atoms with E-state index in [-0.39, 0.29) is 5.04 Å². The average Bonchev–Trinajstić information content (AvgIpc) is 2.82. The molecule has 0 unspecified atom stereocenters. The van der Waals surface area contributed by atoms with E-state index < -0.39 is 8.32 Å². The van der Waals surface area contributed by atoms with Crippen molar-refractivity contribution < 1.29 is 9.16 Å². The molecule has 0 atom stereocenters. The monoisotopic (exact) mass is 412 g/mol. The van der Waals surface area contributed by atoms with Gasteiger partial charge in [-0.05, 0) is 43.3 Å². The molecular weight excluding hydrogens is 384 g/mol. The van der Waals surface area contributed by atoms with Crippen LogP contribution >= 0.6 is 15.9 Å². The fraction of sp³-hybridized carbons (Fsp3) is 0.611. The van der Waals surface area contributed by atoms with Crippen molar-refractivity contribution in [2.75, 3.05) is 13.2 Å². The molecule has 0 fully saturated rings. The number of hydrogen-bond donors (Lipinski definition) is 0. The molecule has 1 aromatic heterocycles. The lowest BCUT2D eigenvalue weighted by Gasteiger charge is -2.36. The maximum atomic E-state index is 6.39. The Morgan fingerprint density at radius 2 is 1.96 bits per heavy atom. The van der Waals surface area contributed by atoms with Crippen LogP contribution in [0.25, 0.3) is 11.0 Å². The highest BCUT2D eigenvalue weighted by Gasteiger charge is 2.37. The second-order valence-electron chi connectivity index (χ2n) is 7.56. The minimum Gasteiger partial charge on any atom is -0.409 e. The predicted octanol–water partition coefficient (Wildman–Crippen LogP) is 5.36. The van der Waals surface area contributed by atoms with Crippen molar-refractivity contribution in [3.05, 3.63) is 28.5 Å². The summed E-state index contributed by atoms with van der Waals surface area (Å²) in [5.41, 5.74) is 2.13. The zero-order valence-corrected chi connectivity index (χ0v) is 18.2. The van der Waals surface area contributed by atoms with Crippen LogP contribution in [0.4, 0.5) is 0 Å². The van der Waals surface area contributed by atoms with Gasteiger partial charge in [0.05, 0.1) is 24.2 Å². The lowest BCUT2D eigenvalue weighted by Crippen LogP contribution is -2.40. The molecule has 1 heterocycles. The Morgan fingerprint density at radius 3 is 2.58 bits per heavy atom. The molecule has 0 radical (unpaired) electrons. The maximum Gasteiger partial charge on any atom is 0.192 e. The first-order chi connectivity index (χ1) is 11.2. The van der Waals surface area contributed by atoms with Crippen molar-refractivity contribution in [1.29, 1.82) is 0 Å². The summed E-state index contributed by atoms with van der Waals surface area (Å²) in [7, 11) is -1.80. The first kappa shape index (κ1) is 19.6. The smallest absolute Gasteiger partial charge is 0.192 e. The van der Waals surface area contributed by atoms with Gasteiger partial charge in [-0.1, -0.05) is 36.7 Å². The van der Waals surface area contributed by atoms with Crippen molar-refractivity contribution in [2.45, 2.75) is 59.0 Å². The first-order valence-electron chi connectivity index (χ1n) is 8.52. The Morgan fingerprint density at radius 1 is 1.25 bits per heavy atom. The minimum atomic E-state index is -1.80. The van der Waals surface area contributed by atoms with E-state index in [1.165, 1.54) is 0 Å². The first-order valence-corrected chi connectivity index (χ1v) is 12.2. The molecule has 0 aliphatic carbocycles. The van der Waals surface area contributed by atoms with Gasteiger partial charge in [0.2, 0.25) is 0 Å². The van der Waals surface area contributed by atoms with Crippen LogP contribution in [0.1, 0.15) is 33.5 Å². The topological polar surface area (TPSA) is 36.3 Å². The van der Waals surface area contributed by atoms with Gasteiger partial charge in [0, 0.05) is 17.6 Å². The van der Waals surface area contributed by atoms with Crippen LogP contribution in [-0.2, 0) is 22.3 Å². The summed E-state index contributed by atoms with van der Waals surface area (Å²) in [6.45, 7) is 16.1. The van der Waals surface area contributed by atoms with Gasteiger partial charge in [0.1, 0.15) is 5.82 Å². The van der Waals surface area contributed by atoms with Gasteiger partial charge in [-0.25, -0.2) is 4.98 Å². The largest absolute Gasteiger partial charge is 0.409 e. The quantitative estimate of drug-likeness (QED) is 0.453. The fourth-order valence-electron chi connectivity index (χ4n) is 2.27. The van der Waals surface area contributed by atoms with Crippen LogP contribution in [-0.4, -0.2) is 31.1 Å². The molecule has 1 aromatic carbocycles. The van der Waals surface area contributed by atoms with Crippen molar-refractivity contribution in [2.24, 2.45) is 0 Å². The Bertz CT molecular complexity index is 692. The summed E-state index contributed by atoms with van der Waals surface area (Å²) in [5, 5.41) is 0.193. The average molecular weight is 413 g/mol. The van der Waals surface area contributed by atoms with Crippen LogP contribution in [0.5, 0.6) is 0 Å². The standard InChI is InChI=1S/C18H29BrN2O2Si/c1-7-22-11-10-21-16-12-14(19)8-9-15(16)20-17(21)13-23-24(5,6)18(2,3)4/h8-9,12H,7,10-11,13H2,1-6H3. The van der Waals surface area contributed by atoms with Gasteiger partial charge in [-0.15, -0.1) is 0 Å². The van der Waals surface area contributed by atoms with E-state index in [9.17, 15) is 0 Å². The molecule has 24 heavy (non-hydrogen) atoms. The minimum absolute atomic E-state index is 0.193. The number of hydrogen-bond acceptors (Lipinski definition) is 3. The molecule has 4 nitrogen and oxygen atoms in total. The number of rotatable bonds is 7. The molecule has 0 spiro atoms. The van der Waals surface area contributed by atoms with E-state index >= 15 is 0 Å². The van der Waals surface area contributed by atoms with Gasteiger partial charge in [0.25, 0.3) is 0 Å². The van der Waals surface area contributed by atoms with E-state index in [2.05, 4.69) is 60.4 Å². The molecule has 0 aliphatic heterocycles. The summed E-state index contributed by atoms with van der Waals surface area (Å²) < 4.78 is 15.2. The zero-order chi connectivity index (χ0) is 18.0. The number of ether oxygens (including phenoxy) is 1. The Kier molecular flexibility index (Phi) is 6.28. The molecular formula is C18H29BrN2O2Si. The van der Waals surface area contributed by atoms with Crippen LogP contribution in [0.15, 0.2) is 22.7 Å². The zero-order valence-electron chi connectivity index (χ0n) is 15.6. The highest BCUT2D eigenvalue weighted by Crippen LogP contribution is 2.37. The Balaban J connectivity index is 2.29. The van der Waals surface area contributed by atoms with E-state index in [0.29, 0.717) is 13.2 Å². The van der Waals surface area contributed by atoms with Gasteiger partial charge in [-0.2, -0.15) is 0 Å². The van der Waals surface area contributed by atoms with Gasteiger partial charge in [0.15, 0.2) is 8.32 Å². The Hall–Kier alpha value is -0.693. The number of halogens is 1. The number of fused-ring (bicyclic) bond motifs is 1.